The molecule has 1 aromatic carbocycles. The van der Waals surface area contributed by atoms with Crippen LogP contribution in [0, 0.1) is 11.8 Å². The maximum absolute atomic E-state index is 14.0. The van der Waals surface area contributed by atoms with Crippen LogP contribution in [0.5, 0.6) is 0 Å². The van der Waals surface area contributed by atoms with E-state index in [2.05, 4.69) is 46.3 Å². The largest absolute Gasteiger partial charge is 0.344 e. The molecular formula is C29H45N3O2. The van der Waals surface area contributed by atoms with E-state index in [0.29, 0.717) is 6.04 Å². The summed E-state index contributed by atoms with van der Waals surface area (Å²) in [7, 11) is 0. The van der Waals surface area contributed by atoms with Gasteiger partial charge in [0.1, 0.15) is 6.04 Å². The molecule has 5 heteroatoms. The predicted octanol–water partition coefficient (Wildman–Crippen LogP) is 4.58. The Balaban J connectivity index is 1.45. The van der Waals surface area contributed by atoms with Gasteiger partial charge in [-0.1, -0.05) is 64.3 Å². The molecule has 2 aliphatic carbocycles. The van der Waals surface area contributed by atoms with Crippen LogP contribution in [-0.2, 0) is 22.4 Å². The quantitative estimate of drug-likeness (QED) is 0.578. The molecule has 4 rings (SSSR count). The normalized spacial score (nSPS) is 23.2. The highest BCUT2D eigenvalue weighted by Gasteiger charge is 2.39. The van der Waals surface area contributed by atoms with Gasteiger partial charge in [0.2, 0.25) is 11.8 Å². The molecule has 0 bridgehead atoms. The van der Waals surface area contributed by atoms with Crippen LogP contribution in [0.4, 0.5) is 0 Å². The minimum Gasteiger partial charge on any atom is -0.344 e. The zero-order valence-corrected chi connectivity index (χ0v) is 21.6. The summed E-state index contributed by atoms with van der Waals surface area (Å²) >= 11 is 0. The summed E-state index contributed by atoms with van der Waals surface area (Å²) in [5, 5.41) is 3.23. The molecule has 5 nitrogen and oxygen atoms in total. The Morgan fingerprint density at radius 3 is 2.32 bits per heavy atom. The monoisotopic (exact) mass is 467 g/mol. The van der Waals surface area contributed by atoms with Crippen molar-refractivity contribution in [3.63, 3.8) is 0 Å². The van der Waals surface area contributed by atoms with E-state index in [-0.39, 0.29) is 35.7 Å². The van der Waals surface area contributed by atoms with Gasteiger partial charge in [-0.2, -0.15) is 0 Å². The van der Waals surface area contributed by atoms with Gasteiger partial charge in [0.25, 0.3) is 0 Å². The van der Waals surface area contributed by atoms with Gasteiger partial charge >= 0.3 is 0 Å². The van der Waals surface area contributed by atoms with E-state index in [9.17, 15) is 9.59 Å². The molecule has 1 saturated carbocycles. The van der Waals surface area contributed by atoms with Gasteiger partial charge in [-0.3, -0.25) is 14.5 Å². The molecule has 2 amide bonds. The zero-order valence-electron chi connectivity index (χ0n) is 21.6. The molecule has 3 atom stereocenters. The second kappa shape index (κ2) is 11.7. The summed E-state index contributed by atoms with van der Waals surface area (Å²) in [5.41, 5.74) is 2.96. The first-order valence-corrected chi connectivity index (χ1v) is 13.9. The van der Waals surface area contributed by atoms with Gasteiger partial charge in [-0.05, 0) is 68.5 Å². The highest BCUT2D eigenvalue weighted by atomic mass is 16.2. The van der Waals surface area contributed by atoms with E-state index in [1.807, 2.05) is 13.8 Å². The minimum atomic E-state index is -0.354. The Kier molecular flexibility index (Phi) is 8.68. The number of hydrogen-bond acceptors (Lipinski definition) is 3. The number of likely N-dealkylation sites (tertiary alicyclic amines) is 1. The van der Waals surface area contributed by atoms with E-state index in [0.717, 1.165) is 64.6 Å². The third kappa shape index (κ3) is 5.67. The van der Waals surface area contributed by atoms with Crippen LogP contribution in [0.15, 0.2) is 24.3 Å². The lowest BCUT2D eigenvalue weighted by Crippen LogP contribution is -2.56. The summed E-state index contributed by atoms with van der Waals surface area (Å²) < 4.78 is 0. The fourth-order valence-electron chi connectivity index (χ4n) is 6.42. The number of nitrogens with one attached hydrogen (secondary N) is 1. The maximum atomic E-state index is 14.0. The SMILES string of the molecule is CC[C@@H](C)C(=O)N[C@H](C(=O)N1CCC[C@H]1CN(CC)C1Cc2ccccc2C1)C1CCCCC1. The van der Waals surface area contributed by atoms with Crippen LogP contribution in [0.25, 0.3) is 0 Å². The van der Waals surface area contributed by atoms with Gasteiger partial charge in [-0.15, -0.1) is 0 Å². The second-order valence-electron chi connectivity index (χ2n) is 10.9. The molecule has 34 heavy (non-hydrogen) atoms. The van der Waals surface area contributed by atoms with Crippen molar-refractivity contribution in [2.24, 2.45) is 11.8 Å². The highest BCUT2D eigenvalue weighted by Crippen LogP contribution is 2.31. The van der Waals surface area contributed by atoms with Crippen LogP contribution in [0.3, 0.4) is 0 Å². The van der Waals surface area contributed by atoms with Gasteiger partial charge in [0.05, 0.1) is 0 Å². The van der Waals surface area contributed by atoms with Crippen molar-refractivity contribution in [3.05, 3.63) is 35.4 Å². The Bertz CT molecular complexity index is 809. The molecule has 1 N–H and O–H groups in total. The van der Waals surface area contributed by atoms with Gasteiger partial charge < -0.3 is 10.2 Å². The van der Waals surface area contributed by atoms with Crippen molar-refractivity contribution < 1.29 is 9.59 Å². The van der Waals surface area contributed by atoms with Crippen molar-refractivity contribution in [1.82, 2.24) is 15.1 Å². The smallest absolute Gasteiger partial charge is 0.245 e. The Labute approximate surface area is 206 Å². The first kappa shape index (κ1) is 25.2. The summed E-state index contributed by atoms with van der Waals surface area (Å²) in [6.45, 7) is 9.04. The number of carbonyl (C=O) groups is 2. The first-order valence-electron chi connectivity index (χ1n) is 13.9. The maximum Gasteiger partial charge on any atom is 0.245 e. The topological polar surface area (TPSA) is 52.7 Å². The number of benzene rings is 1. The highest BCUT2D eigenvalue weighted by molar-refractivity contribution is 5.89. The third-order valence-corrected chi connectivity index (χ3v) is 8.80. The second-order valence-corrected chi connectivity index (χ2v) is 10.9. The lowest BCUT2D eigenvalue weighted by Gasteiger charge is -2.38. The van der Waals surface area contributed by atoms with E-state index in [1.54, 1.807) is 0 Å². The molecule has 0 unspecified atom stereocenters. The first-order chi connectivity index (χ1) is 16.5. The van der Waals surface area contributed by atoms with E-state index in [4.69, 9.17) is 0 Å². The zero-order chi connectivity index (χ0) is 24.1. The molecule has 0 radical (unpaired) electrons. The van der Waals surface area contributed by atoms with Crippen LogP contribution in [0.1, 0.15) is 83.3 Å². The number of hydrogen-bond donors (Lipinski definition) is 1. The number of carbonyl (C=O) groups excluding carboxylic acids is 2. The van der Waals surface area contributed by atoms with E-state index in [1.165, 1.54) is 30.4 Å². The third-order valence-electron chi connectivity index (χ3n) is 8.80. The van der Waals surface area contributed by atoms with Crippen LogP contribution >= 0.6 is 0 Å². The average Bonchev–Trinajstić information content (AvgIpc) is 3.52. The molecule has 3 aliphatic rings. The fourth-order valence-corrected chi connectivity index (χ4v) is 6.42. The van der Waals surface area contributed by atoms with E-state index >= 15 is 0 Å². The van der Waals surface area contributed by atoms with Crippen molar-refractivity contribution in [1.29, 1.82) is 0 Å². The molecule has 2 fully saturated rings. The molecular weight excluding hydrogens is 422 g/mol. The summed E-state index contributed by atoms with van der Waals surface area (Å²) in [4.78, 5) is 31.5. The Hall–Kier alpha value is -1.88. The number of fused-ring (bicyclic) bond motifs is 1. The summed E-state index contributed by atoms with van der Waals surface area (Å²) in [6.07, 6.45) is 10.9. The molecule has 0 aromatic heterocycles. The number of amides is 2. The summed E-state index contributed by atoms with van der Waals surface area (Å²) in [6, 6.07) is 9.25. The molecule has 188 valence electrons. The van der Waals surface area contributed by atoms with Crippen molar-refractivity contribution in [2.45, 2.75) is 103 Å². The molecule has 1 heterocycles. The fraction of sp³-hybridized carbons (Fsp3) is 0.724. The molecule has 0 spiro atoms. The van der Waals surface area contributed by atoms with Crippen molar-refractivity contribution in [3.8, 4) is 0 Å². The van der Waals surface area contributed by atoms with Crippen LogP contribution in [0.2, 0.25) is 0 Å². The molecule has 1 aromatic rings. The average molecular weight is 468 g/mol. The lowest BCUT2D eigenvalue weighted by molar-refractivity contribution is -0.140. The number of rotatable bonds is 9. The Morgan fingerprint density at radius 1 is 1.03 bits per heavy atom. The predicted molar refractivity (Wildman–Crippen MR) is 138 cm³/mol. The van der Waals surface area contributed by atoms with Crippen molar-refractivity contribution in [2.75, 3.05) is 19.6 Å². The van der Waals surface area contributed by atoms with Crippen LogP contribution in [-0.4, -0.2) is 59.4 Å². The number of likely N-dealkylation sites (N-methyl/N-ethyl adjacent to an activating group) is 1. The standard InChI is InChI=1S/C29H45N3O2/c1-4-21(3)28(33)30-27(22-12-7-6-8-13-22)29(34)32-17-11-16-25(32)20-31(5-2)26-18-23-14-9-10-15-24(23)19-26/h9-10,14-15,21-22,25-27H,4-8,11-13,16-20H2,1-3H3,(H,30,33)/t21-,25+,27+/m1/s1. The van der Waals surface area contributed by atoms with Crippen molar-refractivity contribution >= 4 is 11.8 Å². The minimum absolute atomic E-state index is 0.0427. The lowest BCUT2D eigenvalue weighted by atomic mass is 9.83. The summed E-state index contributed by atoms with van der Waals surface area (Å²) in [5.74, 6) is 0.452. The number of nitrogens with zero attached hydrogens (tertiary/aromatic N) is 2. The van der Waals surface area contributed by atoms with Gasteiger partial charge in [0.15, 0.2) is 0 Å². The molecule has 1 aliphatic heterocycles. The van der Waals surface area contributed by atoms with Gasteiger partial charge in [0, 0.05) is 31.1 Å². The van der Waals surface area contributed by atoms with Gasteiger partial charge in [-0.25, -0.2) is 0 Å². The molecule has 1 saturated heterocycles. The Morgan fingerprint density at radius 2 is 1.71 bits per heavy atom. The van der Waals surface area contributed by atoms with E-state index < -0.39 is 0 Å². The van der Waals surface area contributed by atoms with Crippen LogP contribution < -0.4 is 5.32 Å².